The van der Waals surface area contributed by atoms with E-state index < -0.39 is 0 Å². The monoisotopic (exact) mass is 371 g/mol. The third-order valence-corrected chi connectivity index (χ3v) is 4.21. The molecule has 0 radical (unpaired) electrons. The van der Waals surface area contributed by atoms with Gasteiger partial charge in [-0.25, -0.2) is 4.39 Å². The number of hydrogen-bond donors (Lipinski definition) is 1. The van der Waals surface area contributed by atoms with Gasteiger partial charge >= 0.3 is 0 Å². The highest BCUT2D eigenvalue weighted by Crippen LogP contribution is 2.34. The normalized spacial score (nSPS) is 12.2. The number of halogens is 3. The highest BCUT2D eigenvalue weighted by Gasteiger charge is 2.19. The van der Waals surface area contributed by atoms with Crippen molar-refractivity contribution in [3.05, 3.63) is 62.8 Å². The van der Waals surface area contributed by atoms with Crippen LogP contribution >= 0.6 is 27.5 Å². The minimum atomic E-state index is -0.276. The predicted octanol–water partition coefficient (Wildman–Crippen LogP) is 4.95. The van der Waals surface area contributed by atoms with Gasteiger partial charge in [-0.3, -0.25) is 0 Å². The number of methoxy groups -OCH3 is 1. The van der Waals surface area contributed by atoms with Gasteiger partial charge in [0.2, 0.25) is 0 Å². The zero-order chi connectivity index (χ0) is 15.4. The molecule has 112 valence electrons. The average molecular weight is 373 g/mol. The Bertz CT molecular complexity index is 636. The minimum Gasteiger partial charge on any atom is -0.497 e. The third kappa shape index (κ3) is 3.76. The van der Waals surface area contributed by atoms with E-state index in [1.54, 1.807) is 19.2 Å². The summed E-state index contributed by atoms with van der Waals surface area (Å²) in [6.45, 7) is 2.78. The molecule has 0 aliphatic carbocycles. The summed E-state index contributed by atoms with van der Waals surface area (Å²) in [6, 6.07) is 10.1. The molecule has 0 fully saturated rings. The van der Waals surface area contributed by atoms with Crippen LogP contribution in [0.5, 0.6) is 5.75 Å². The summed E-state index contributed by atoms with van der Waals surface area (Å²) in [4.78, 5) is 0. The lowest BCUT2D eigenvalue weighted by molar-refractivity contribution is 0.414. The zero-order valence-electron chi connectivity index (χ0n) is 11.8. The summed E-state index contributed by atoms with van der Waals surface area (Å²) < 4.78 is 19.2. The summed E-state index contributed by atoms with van der Waals surface area (Å²) >= 11 is 9.78. The van der Waals surface area contributed by atoms with Crippen molar-refractivity contribution in [2.45, 2.75) is 13.0 Å². The molecule has 0 aliphatic heterocycles. The Balaban J connectivity index is 2.48. The molecule has 5 heteroatoms. The fourth-order valence-corrected chi connectivity index (χ4v) is 3.06. The average Bonchev–Trinajstić information content (AvgIpc) is 2.46. The number of hydrogen-bond acceptors (Lipinski definition) is 2. The molecule has 0 saturated carbocycles. The van der Waals surface area contributed by atoms with Crippen molar-refractivity contribution < 1.29 is 9.13 Å². The molecule has 2 nitrogen and oxygen atoms in total. The van der Waals surface area contributed by atoms with Gasteiger partial charge in [-0.1, -0.05) is 46.6 Å². The second kappa shape index (κ2) is 7.25. The minimum absolute atomic E-state index is 0.122. The lowest BCUT2D eigenvalue weighted by Gasteiger charge is -2.22. The van der Waals surface area contributed by atoms with E-state index in [9.17, 15) is 4.39 Å². The molecule has 0 aliphatic rings. The fourth-order valence-electron chi connectivity index (χ4n) is 2.20. The molecule has 0 saturated heterocycles. The molecule has 2 aromatic rings. The summed E-state index contributed by atoms with van der Waals surface area (Å²) in [5.41, 5.74) is 1.86. The van der Waals surface area contributed by atoms with Gasteiger partial charge in [0.25, 0.3) is 0 Å². The van der Waals surface area contributed by atoms with E-state index in [1.807, 2.05) is 19.1 Å². The Morgan fingerprint density at radius 2 is 1.95 bits per heavy atom. The summed E-state index contributed by atoms with van der Waals surface area (Å²) in [5, 5.41) is 3.98. The maximum absolute atomic E-state index is 13.3. The highest BCUT2D eigenvalue weighted by molar-refractivity contribution is 9.10. The number of nitrogens with one attached hydrogen (secondary N) is 1. The molecule has 0 spiro atoms. The number of benzene rings is 2. The van der Waals surface area contributed by atoms with Gasteiger partial charge in [0.15, 0.2) is 0 Å². The first-order valence-corrected chi connectivity index (χ1v) is 7.75. The first-order chi connectivity index (χ1) is 10.1. The van der Waals surface area contributed by atoms with Crippen LogP contribution < -0.4 is 10.1 Å². The van der Waals surface area contributed by atoms with Crippen LogP contribution in [0.2, 0.25) is 5.02 Å². The SMILES string of the molecule is CCNC(c1ccc(OC)cc1Cl)c1ccc(F)cc1Br. The Labute approximate surface area is 137 Å². The molecule has 0 aromatic heterocycles. The third-order valence-electron chi connectivity index (χ3n) is 3.20. The maximum atomic E-state index is 13.3. The van der Waals surface area contributed by atoms with Gasteiger partial charge < -0.3 is 10.1 Å². The zero-order valence-corrected chi connectivity index (χ0v) is 14.1. The van der Waals surface area contributed by atoms with Crippen LogP contribution in [0.1, 0.15) is 24.1 Å². The quantitative estimate of drug-likeness (QED) is 0.802. The molecule has 1 atom stereocenters. The van der Waals surface area contributed by atoms with Crippen molar-refractivity contribution in [1.29, 1.82) is 0 Å². The largest absolute Gasteiger partial charge is 0.497 e. The maximum Gasteiger partial charge on any atom is 0.124 e. The first kappa shape index (κ1) is 16.3. The molecule has 2 rings (SSSR count). The molecular formula is C16H16BrClFNO. The first-order valence-electron chi connectivity index (χ1n) is 6.58. The lowest BCUT2D eigenvalue weighted by Crippen LogP contribution is -2.22. The molecule has 0 amide bonds. The molecule has 1 unspecified atom stereocenters. The van der Waals surface area contributed by atoms with Gasteiger partial charge in [0.1, 0.15) is 11.6 Å². The van der Waals surface area contributed by atoms with E-state index in [4.69, 9.17) is 16.3 Å². The van der Waals surface area contributed by atoms with Crippen molar-refractivity contribution in [3.63, 3.8) is 0 Å². The van der Waals surface area contributed by atoms with Crippen LogP contribution in [-0.4, -0.2) is 13.7 Å². The predicted molar refractivity (Wildman–Crippen MR) is 87.6 cm³/mol. The van der Waals surface area contributed by atoms with E-state index in [0.717, 1.165) is 17.7 Å². The Morgan fingerprint density at radius 1 is 1.24 bits per heavy atom. The Morgan fingerprint density at radius 3 is 2.52 bits per heavy atom. The number of rotatable bonds is 5. The van der Waals surface area contributed by atoms with Crippen LogP contribution in [-0.2, 0) is 0 Å². The van der Waals surface area contributed by atoms with Crippen molar-refractivity contribution >= 4 is 27.5 Å². The number of ether oxygens (including phenoxy) is 1. The van der Waals surface area contributed by atoms with E-state index in [1.165, 1.54) is 12.1 Å². The van der Waals surface area contributed by atoms with Gasteiger partial charge in [0, 0.05) is 9.50 Å². The van der Waals surface area contributed by atoms with Crippen LogP contribution in [0, 0.1) is 5.82 Å². The van der Waals surface area contributed by atoms with Gasteiger partial charge in [0.05, 0.1) is 13.2 Å². The summed E-state index contributed by atoms with van der Waals surface area (Å²) in [6.07, 6.45) is 0. The van der Waals surface area contributed by atoms with E-state index in [0.29, 0.717) is 15.2 Å². The summed E-state index contributed by atoms with van der Waals surface area (Å²) in [7, 11) is 1.60. The molecule has 0 heterocycles. The van der Waals surface area contributed by atoms with E-state index in [-0.39, 0.29) is 11.9 Å². The molecule has 0 bridgehead atoms. The van der Waals surface area contributed by atoms with Gasteiger partial charge in [-0.2, -0.15) is 0 Å². The smallest absolute Gasteiger partial charge is 0.124 e. The van der Waals surface area contributed by atoms with Crippen LogP contribution in [0.25, 0.3) is 0 Å². The molecule has 21 heavy (non-hydrogen) atoms. The second-order valence-electron chi connectivity index (χ2n) is 4.54. The van der Waals surface area contributed by atoms with Crippen molar-refractivity contribution in [2.24, 2.45) is 0 Å². The molecular weight excluding hydrogens is 357 g/mol. The molecule has 2 aromatic carbocycles. The molecule has 1 N–H and O–H groups in total. The van der Waals surface area contributed by atoms with E-state index in [2.05, 4.69) is 21.2 Å². The van der Waals surface area contributed by atoms with Crippen LogP contribution in [0.4, 0.5) is 4.39 Å². The van der Waals surface area contributed by atoms with E-state index >= 15 is 0 Å². The Hall–Kier alpha value is -1.10. The van der Waals surface area contributed by atoms with Crippen molar-refractivity contribution in [1.82, 2.24) is 5.32 Å². The van der Waals surface area contributed by atoms with Crippen molar-refractivity contribution in [3.8, 4) is 5.75 Å². The lowest BCUT2D eigenvalue weighted by atomic mass is 9.98. The fraction of sp³-hybridized carbons (Fsp3) is 0.250. The Kier molecular flexibility index (Phi) is 5.62. The topological polar surface area (TPSA) is 21.3 Å². The van der Waals surface area contributed by atoms with Crippen molar-refractivity contribution in [2.75, 3.05) is 13.7 Å². The van der Waals surface area contributed by atoms with Crippen LogP contribution in [0.3, 0.4) is 0 Å². The highest BCUT2D eigenvalue weighted by atomic mass is 79.9. The summed E-state index contributed by atoms with van der Waals surface area (Å²) in [5.74, 6) is 0.430. The van der Waals surface area contributed by atoms with Gasteiger partial charge in [-0.15, -0.1) is 0 Å². The van der Waals surface area contributed by atoms with Gasteiger partial charge in [-0.05, 0) is 41.9 Å². The van der Waals surface area contributed by atoms with Crippen LogP contribution in [0.15, 0.2) is 40.9 Å². The standard InChI is InChI=1S/C16H16BrClFNO/c1-3-20-16(12-6-4-10(19)8-14(12)17)13-7-5-11(21-2)9-15(13)18/h4-9,16,20H,3H2,1-2H3. The second-order valence-corrected chi connectivity index (χ2v) is 5.81.